The van der Waals surface area contributed by atoms with Crippen LogP contribution in [0.1, 0.15) is 11.0 Å². The lowest BCUT2D eigenvalue weighted by Crippen LogP contribution is -1.91. The molecule has 8 aromatic rings. The minimum Gasteiger partial charge on any atom is -0.0616 e. The molecule has 0 aliphatic heterocycles. The van der Waals surface area contributed by atoms with Gasteiger partial charge in [-0.25, -0.2) is 0 Å². The van der Waals surface area contributed by atoms with Gasteiger partial charge in [-0.05, 0) is 88.6 Å². The summed E-state index contributed by atoms with van der Waals surface area (Å²) in [6, 6.07) is 32.4. The van der Waals surface area contributed by atoms with E-state index in [1.54, 1.807) is 0 Å². The molecule has 0 amide bonds. The highest BCUT2D eigenvalue weighted by atomic mass is 14.2. The normalized spacial score (nSPS) is 14.3. The second-order valence-corrected chi connectivity index (χ2v) is 9.92. The van der Waals surface area contributed by atoms with Crippen LogP contribution in [0.4, 0.5) is 0 Å². The highest BCUT2D eigenvalue weighted by Crippen LogP contribution is 2.44. The molecule has 0 spiro atoms. The third-order valence-corrected chi connectivity index (χ3v) is 7.67. The van der Waals surface area contributed by atoms with Crippen molar-refractivity contribution >= 4 is 43.1 Å². The Hall–Kier alpha value is -5.20. The molecule has 0 fully saturated rings. The van der Waals surface area contributed by atoms with E-state index < -0.39 is 24.2 Å². The van der Waals surface area contributed by atoms with Crippen molar-refractivity contribution in [2.45, 2.75) is 0 Å². The smallest absolute Gasteiger partial charge is 0.0616 e. The summed E-state index contributed by atoms with van der Waals surface area (Å²) < 4.78 is 71.7. The first-order valence-electron chi connectivity index (χ1n) is 17.2. The average Bonchev–Trinajstić information content (AvgIpc) is 3.12. The molecule has 0 heteroatoms. The van der Waals surface area contributed by atoms with E-state index in [2.05, 4.69) is 0 Å². The fourth-order valence-corrected chi connectivity index (χ4v) is 5.87. The zero-order chi connectivity index (χ0) is 33.4. The summed E-state index contributed by atoms with van der Waals surface area (Å²) in [5, 5.41) is 4.80. The second kappa shape index (κ2) is 9.22. The summed E-state index contributed by atoms with van der Waals surface area (Å²) in [6.45, 7) is 0. The molecule has 40 heavy (non-hydrogen) atoms. The van der Waals surface area contributed by atoms with E-state index in [9.17, 15) is 5.48 Å². The van der Waals surface area contributed by atoms with Crippen molar-refractivity contribution in [2.24, 2.45) is 0 Å². The van der Waals surface area contributed by atoms with Crippen LogP contribution in [0.5, 0.6) is 0 Å². The number of rotatable bonds is 3. The minimum atomic E-state index is -0.413. The van der Waals surface area contributed by atoms with Gasteiger partial charge in [-0.1, -0.05) is 145 Å². The molecular formula is C40H26. The van der Waals surface area contributed by atoms with Crippen LogP contribution >= 0.6 is 0 Å². The van der Waals surface area contributed by atoms with Crippen LogP contribution in [0.3, 0.4) is 0 Å². The van der Waals surface area contributed by atoms with Crippen molar-refractivity contribution in [3.8, 4) is 33.4 Å². The quantitative estimate of drug-likeness (QED) is 0.206. The minimum absolute atomic E-state index is 0.205. The molecule has 0 aromatic heterocycles. The van der Waals surface area contributed by atoms with Gasteiger partial charge in [-0.2, -0.15) is 0 Å². The van der Waals surface area contributed by atoms with E-state index in [4.69, 9.17) is 5.48 Å². The lowest BCUT2D eigenvalue weighted by Gasteiger charge is -2.18. The Morgan fingerprint density at radius 1 is 0.350 bits per heavy atom. The van der Waals surface area contributed by atoms with Crippen LogP contribution in [0, 0.1) is 0 Å². The van der Waals surface area contributed by atoms with Gasteiger partial charge in [0, 0.05) is 0 Å². The molecule has 0 saturated carbocycles. The molecule has 186 valence electrons. The highest BCUT2D eigenvalue weighted by molar-refractivity contribution is 6.22. The molecule has 0 atom stereocenters. The van der Waals surface area contributed by atoms with Crippen molar-refractivity contribution in [2.75, 3.05) is 0 Å². The zero-order valence-corrected chi connectivity index (χ0v) is 21.4. The Kier molecular flexibility index (Phi) is 3.70. The predicted octanol–water partition coefficient (Wildman–Crippen LogP) is 11.3. The van der Waals surface area contributed by atoms with Crippen LogP contribution in [0.15, 0.2) is 158 Å². The molecule has 0 heterocycles. The SMILES string of the molecule is [2H]c1c([2H])c([2H])c2c(-c3ccc4ccccc4c3)c3c([2H])c([2H])c([2H])c([2H])c3c(-c3cccc(-c4cccc5ccccc45)c3)c2c1[2H]. The Labute approximate surface area is 245 Å². The Morgan fingerprint density at radius 3 is 1.57 bits per heavy atom. The third kappa shape index (κ3) is 3.61. The van der Waals surface area contributed by atoms with E-state index >= 15 is 0 Å². The average molecular weight is 515 g/mol. The van der Waals surface area contributed by atoms with E-state index in [1.165, 1.54) is 0 Å². The van der Waals surface area contributed by atoms with Crippen molar-refractivity contribution < 1.29 is 11.0 Å². The maximum Gasteiger partial charge on any atom is 0.0629 e. The lowest BCUT2D eigenvalue weighted by atomic mass is 9.85. The van der Waals surface area contributed by atoms with Gasteiger partial charge in [0.05, 0.1) is 11.0 Å². The Balaban J connectivity index is 1.59. The molecule has 8 rings (SSSR count). The Bertz CT molecular complexity index is 2570. The van der Waals surface area contributed by atoms with Crippen LogP contribution in [-0.4, -0.2) is 0 Å². The van der Waals surface area contributed by atoms with Crippen LogP contribution in [-0.2, 0) is 0 Å². The van der Waals surface area contributed by atoms with Gasteiger partial charge in [0.15, 0.2) is 0 Å². The zero-order valence-electron chi connectivity index (χ0n) is 29.4. The van der Waals surface area contributed by atoms with Gasteiger partial charge in [0.2, 0.25) is 0 Å². The largest absolute Gasteiger partial charge is 0.0629 e. The molecule has 0 N–H and O–H groups in total. The van der Waals surface area contributed by atoms with Crippen LogP contribution in [0.25, 0.3) is 76.5 Å². The van der Waals surface area contributed by atoms with Crippen molar-refractivity contribution in [3.05, 3.63) is 158 Å². The van der Waals surface area contributed by atoms with E-state index in [1.807, 2.05) is 109 Å². The summed E-state index contributed by atoms with van der Waals surface area (Å²) >= 11 is 0. The summed E-state index contributed by atoms with van der Waals surface area (Å²) in [6.07, 6.45) is 0. The fourth-order valence-electron chi connectivity index (χ4n) is 5.87. The standard InChI is InChI=1S/C40H26/c1-2-13-29-25-32(24-23-27(29)11-1)40-37-20-7-5-18-35(37)39(36-19-6-8-21-38(36)40)31-16-9-15-30(26-31)34-22-10-14-28-12-3-4-17-33(28)34/h1-26H/i5D,6D,7D,8D,18D,19D,20D,21D. The molecule has 0 saturated heterocycles. The number of hydrogen-bond acceptors (Lipinski definition) is 0. The second-order valence-electron chi connectivity index (χ2n) is 9.92. The van der Waals surface area contributed by atoms with Crippen LogP contribution < -0.4 is 0 Å². The van der Waals surface area contributed by atoms with Crippen molar-refractivity contribution in [1.82, 2.24) is 0 Å². The first kappa shape index (κ1) is 16.0. The van der Waals surface area contributed by atoms with Crippen molar-refractivity contribution in [1.29, 1.82) is 0 Å². The first-order chi connectivity index (χ1) is 23.2. The number of benzene rings is 8. The molecule has 0 nitrogen and oxygen atoms in total. The van der Waals surface area contributed by atoms with E-state index in [-0.39, 0.29) is 45.7 Å². The van der Waals surface area contributed by atoms with Gasteiger partial charge in [0.1, 0.15) is 0 Å². The molecule has 0 radical (unpaired) electrons. The summed E-state index contributed by atoms with van der Waals surface area (Å²) in [4.78, 5) is 0. The highest BCUT2D eigenvalue weighted by Gasteiger charge is 2.17. The summed E-state index contributed by atoms with van der Waals surface area (Å²) in [5.74, 6) is 0. The topological polar surface area (TPSA) is 0 Å². The number of hydrogen-bond donors (Lipinski definition) is 0. The van der Waals surface area contributed by atoms with Gasteiger partial charge >= 0.3 is 0 Å². The number of fused-ring (bicyclic) bond motifs is 4. The fraction of sp³-hybridized carbons (Fsp3) is 0. The van der Waals surface area contributed by atoms with Gasteiger partial charge in [-0.15, -0.1) is 0 Å². The van der Waals surface area contributed by atoms with E-state index in [0.29, 0.717) is 22.3 Å². The van der Waals surface area contributed by atoms with Crippen molar-refractivity contribution in [3.63, 3.8) is 0 Å². The molecular weight excluding hydrogens is 480 g/mol. The first-order valence-corrected chi connectivity index (χ1v) is 13.2. The molecule has 0 aliphatic rings. The van der Waals surface area contributed by atoms with Crippen LogP contribution in [0.2, 0.25) is 0 Å². The molecule has 0 aliphatic carbocycles. The molecule has 0 bridgehead atoms. The monoisotopic (exact) mass is 514 g/mol. The maximum atomic E-state index is 9.24. The predicted molar refractivity (Wildman–Crippen MR) is 173 cm³/mol. The molecule has 0 unspecified atom stereocenters. The lowest BCUT2D eigenvalue weighted by molar-refractivity contribution is 1.63. The van der Waals surface area contributed by atoms with E-state index in [0.717, 1.165) is 32.7 Å². The summed E-state index contributed by atoms with van der Waals surface area (Å²) in [7, 11) is 0. The van der Waals surface area contributed by atoms with Gasteiger partial charge < -0.3 is 0 Å². The molecule has 8 aromatic carbocycles. The third-order valence-electron chi connectivity index (χ3n) is 7.67. The summed E-state index contributed by atoms with van der Waals surface area (Å²) in [5.41, 5.74) is 3.70. The maximum absolute atomic E-state index is 9.24. The van der Waals surface area contributed by atoms with Gasteiger partial charge in [0.25, 0.3) is 0 Å². The Morgan fingerprint density at radius 2 is 0.875 bits per heavy atom. The van der Waals surface area contributed by atoms with Gasteiger partial charge in [-0.3, -0.25) is 0 Å².